The molecule has 1 aliphatic heterocycles. The Balaban J connectivity index is 1.60. The highest BCUT2D eigenvalue weighted by atomic mass is 32.2. The topological polar surface area (TPSA) is 137 Å². The Hall–Kier alpha value is -4.68. The number of aryl methyl sites for hydroxylation is 1. The second-order valence-electron chi connectivity index (χ2n) is 10.6. The number of aromatic nitrogens is 2. The van der Waals surface area contributed by atoms with Gasteiger partial charge in [-0.05, 0) is 49.7 Å². The third kappa shape index (κ3) is 5.23. The van der Waals surface area contributed by atoms with E-state index >= 15 is 0 Å². The number of fused-ring (bicyclic) bond motifs is 4. The fraction of sp³-hybridized carbons (Fsp3) is 0.212. The highest BCUT2D eigenvalue weighted by molar-refractivity contribution is 7.99. The highest BCUT2D eigenvalue weighted by Crippen LogP contribution is 2.43. The molecule has 0 spiro atoms. The first-order valence-corrected chi connectivity index (χ1v) is 16.4. The van der Waals surface area contributed by atoms with E-state index in [1.54, 1.807) is 62.8 Å². The lowest BCUT2D eigenvalue weighted by Crippen LogP contribution is -2.21. The molecule has 2 N–H and O–H groups in total. The highest BCUT2D eigenvalue weighted by Gasteiger charge is 2.29. The number of carbonyl (C=O) groups excluding carboxylic acids is 1. The zero-order valence-electron chi connectivity index (χ0n) is 25.0. The quantitative estimate of drug-likeness (QED) is 0.226. The van der Waals surface area contributed by atoms with Crippen molar-refractivity contribution in [3.63, 3.8) is 0 Å². The van der Waals surface area contributed by atoms with Crippen molar-refractivity contribution >= 4 is 38.7 Å². The van der Waals surface area contributed by atoms with Crippen LogP contribution in [0.25, 0.3) is 22.2 Å². The molecule has 3 heterocycles. The van der Waals surface area contributed by atoms with Crippen molar-refractivity contribution in [1.82, 2.24) is 8.96 Å². The molecule has 10 nitrogen and oxygen atoms in total. The van der Waals surface area contributed by atoms with Crippen LogP contribution in [-0.2, 0) is 27.6 Å². The fourth-order valence-electron chi connectivity index (χ4n) is 5.66. The molecule has 6 rings (SSSR count). The zero-order chi connectivity index (χ0) is 32.0. The first-order chi connectivity index (χ1) is 21.6. The number of nitrogens with zero attached hydrogens (tertiary/aromatic N) is 1. The lowest BCUT2D eigenvalue weighted by atomic mass is 9.99. The third-order valence-corrected chi connectivity index (χ3v) is 10.8. The Bertz CT molecular complexity index is 2150. The summed E-state index contributed by atoms with van der Waals surface area (Å²) in [6.45, 7) is 1.89. The molecule has 0 bridgehead atoms. The number of esters is 1. The van der Waals surface area contributed by atoms with E-state index in [1.807, 2.05) is 19.1 Å². The van der Waals surface area contributed by atoms with E-state index in [0.29, 0.717) is 62.0 Å². The van der Waals surface area contributed by atoms with E-state index in [-0.39, 0.29) is 11.3 Å². The van der Waals surface area contributed by atoms with Crippen LogP contribution in [-0.4, -0.2) is 55.5 Å². The fourth-order valence-corrected chi connectivity index (χ4v) is 8.23. The maximum absolute atomic E-state index is 14.3. The molecule has 0 saturated carbocycles. The van der Waals surface area contributed by atoms with Gasteiger partial charge in [0.2, 0.25) is 0 Å². The molecule has 0 atom stereocenters. The van der Waals surface area contributed by atoms with Gasteiger partial charge in [-0.3, -0.25) is 4.79 Å². The van der Waals surface area contributed by atoms with Crippen LogP contribution in [0.15, 0.2) is 75.2 Å². The Morgan fingerprint density at radius 1 is 1.02 bits per heavy atom. The molecular weight excluding hydrogens is 617 g/mol. The molecule has 0 amide bonds. The number of pyridine rings is 1. The number of aromatic hydroxyl groups is 1. The van der Waals surface area contributed by atoms with Gasteiger partial charge in [0, 0.05) is 50.9 Å². The monoisotopic (exact) mass is 646 g/mol. The lowest BCUT2D eigenvalue weighted by Gasteiger charge is -2.15. The van der Waals surface area contributed by atoms with Gasteiger partial charge in [-0.25, -0.2) is 17.2 Å². The Labute approximate surface area is 263 Å². The van der Waals surface area contributed by atoms with Crippen molar-refractivity contribution in [1.29, 1.82) is 0 Å². The number of ether oxygens (including phenoxy) is 3. The van der Waals surface area contributed by atoms with E-state index in [0.717, 1.165) is 18.2 Å². The van der Waals surface area contributed by atoms with E-state index in [9.17, 15) is 23.1 Å². The lowest BCUT2D eigenvalue weighted by molar-refractivity contribution is 0.0595. The van der Waals surface area contributed by atoms with Gasteiger partial charge >= 0.3 is 5.97 Å². The van der Waals surface area contributed by atoms with Gasteiger partial charge in [-0.15, -0.1) is 11.8 Å². The number of methoxy groups -OCH3 is 3. The van der Waals surface area contributed by atoms with Gasteiger partial charge in [-0.2, -0.15) is 0 Å². The van der Waals surface area contributed by atoms with Crippen LogP contribution in [0.5, 0.6) is 17.2 Å². The molecule has 0 fully saturated rings. The number of H-pyrrole nitrogens is 1. The summed E-state index contributed by atoms with van der Waals surface area (Å²) in [6.07, 6.45) is 0.580. The van der Waals surface area contributed by atoms with Crippen molar-refractivity contribution in [3.8, 4) is 28.5 Å². The van der Waals surface area contributed by atoms with Crippen molar-refractivity contribution in [2.45, 2.75) is 29.6 Å². The molecule has 0 unspecified atom stereocenters. The molecule has 5 aromatic rings. The molecule has 2 aromatic heterocycles. The summed E-state index contributed by atoms with van der Waals surface area (Å²) in [5, 5.41) is 11.6. The minimum Gasteiger partial charge on any atom is -0.506 e. The summed E-state index contributed by atoms with van der Waals surface area (Å²) in [6, 6.07) is 17.5. The van der Waals surface area contributed by atoms with Crippen LogP contribution in [0.2, 0.25) is 0 Å². The molecule has 1 aliphatic rings. The number of carbonyl (C=O) groups is 1. The number of aromatic amines is 1. The van der Waals surface area contributed by atoms with Gasteiger partial charge in [0.15, 0.2) is 5.56 Å². The maximum Gasteiger partial charge on any atom is 0.347 e. The molecular formula is C33H30N2O8S2. The molecule has 232 valence electrons. The average molecular weight is 647 g/mol. The predicted molar refractivity (Wildman–Crippen MR) is 172 cm³/mol. The van der Waals surface area contributed by atoms with Crippen LogP contribution in [0.1, 0.15) is 32.7 Å². The molecule has 3 aromatic carbocycles. The van der Waals surface area contributed by atoms with E-state index < -0.39 is 32.9 Å². The Morgan fingerprint density at radius 3 is 2.47 bits per heavy atom. The minimum atomic E-state index is -4.06. The first kappa shape index (κ1) is 30.4. The van der Waals surface area contributed by atoms with E-state index in [1.165, 1.54) is 15.7 Å². The largest absolute Gasteiger partial charge is 0.506 e. The second kappa shape index (κ2) is 11.7. The summed E-state index contributed by atoms with van der Waals surface area (Å²) >= 11 is 1.46. The average Bonchev–Trinajstić information content (AvgIpc) is 3.29. The summed E-state index contributed by atoms with van der Waals surface area (Å²) in [5.74, 6) is 0.318. The third-order valence-electron chi connectivity index (χ3n) is 7.91. The normalized spacial score (nSPS) is 12.7. The molecule has 0 radical (unpaired) electrons. The number of hydrogen-bond acceptors (Lipinski definition) is 9. The molecule has 0 aliphatic carbocycles. The smallest absolute Gasteiger partial charge is 0.347 e. The second-order valence-corrected chi connectivity index (χ2v) is 13.5. The number of thioether (sulfide) groups is 1. The zero-order valence-corrected chi connectivity index (χ0v) is 26.6. The molecule has 45 heavy (non-hydrogen) atoms. The van der Waals surface area contributed by atoms with Crippen molar-refractivity contribution in [3.05, 3.63) is 99.0 Å². The number of rotatable bonds is 7. The number of benzene rings is 3. The van der Waals surface area contributed by atoms with Crippen LogP contribution in [0.3, 0.4) is 0 Å². The predicted octanol–water partition coefficient (Wildman–Crippen LogP) is 5.29. The van der Waals surface area contributed by atoms with Gasteiger partial charge in [0.1, 0.15) is 17.2 Å². The SMILES string of the molecule is COC(=O)c1c(O)c2c([nH]c1=O)-c1cc3cc(Cc4ccc(OC)cc4OC)n(S(=O)(=O)c4ccc(C)cc4)c3cc1SCC2. The first-order valence-electron chi connectivity index (χ1n) is 14.0. The van der Waals surface area contributed by atoms with Gasteiger partial charge in [-0.1, -0.05) is 23.8 Å². The van der Waals surface area contributed by atoms with Crippen molar-refractivity contribution in [2.75, 3.05) is 27.1 Å². The summed E-state index contributed by atoms with van der Waals surface area (Å²) < 4.78 is 45.7. The Morgan fingerprint density at radius 2 is 1.78 bits per heavy atom. The summed E-state index contributed by atoms with van der Waals surface area (Å²) in [4.78, 5) is 28.9. The number of hydrogen-bond donors (Lipinski definition) is 2. The molecule has 0 saturated heterocycles. The van der Waals surface area contributed by atoms with Crippen LogP contribution < -0.4 is 15.0 Å². The van der Waals surface area contributed by atoms with Crippen molar-refractivity contribution in [2.24, 2.45) is 0 Å². The summed E-state index contributed by atoms with van der Waals surface area (Å²) in [7, 11) is 0.190. The van der Waals surface area contributed by atoms with E-state index in [2.05, 4.69) is 4.98 Å². The molecule has 12 heteroatoms. The maximum atomic E-state index is 14.3. The van der Waals surface area contributed by atoms with Crippen LogP contribution in [0, 0.1) is 6.92 Å². The van der Waals surface area contributed by atoms with Crippen molar-refractivity contribution < 1.29 is 32.5 Å². The summed E-state index contributed by atoms with van der Waals surface area (Å²) in [5.41, 5.74) is 2.83. The standard InChI is InChI=1S/C33H30N2O8S2/c1-18-5-9-23(10-6-18)45(39,40)35-21(13-19-7-8-22(41-2)16-27(19)42-3)14-20-15-25-28(17-26(20)35)44-12-11-24-30(25)34-32(37)29(31(24)36)33(38)43-4/h5-10,14-17H,11-13H2,1-4H3,(H2,34,36,37). The number of nitrogens with one attached hydrogen (secondary N) is 1. The van der Waals surface area contributed by atoms with E-state index in [4.69, 9.17) is 14.2 Å². The van der Waals surface area contributed by atoms with Gasteiger partial charge in [0.25, 0.3) is 15.6 Å². The van der Waals surface area contributed by atoms with Gasteiger partial charge < -0.3 is 24.3 Å². The minimum absolute atomic E-state index is 0.145. The Kier molecular flexibility index (Phi) is 7.88. The van der Waals surface area contributed by atoms with Crippen LogP contribution in [0.4, 0.5) is 0 Å². The van der Waals surface area contributed by atoms with Crippen LogP contribution >= 0.6 is 11.8 Å². The van der Waals surface area contributed by atoms with Gasteiger partial charge in [0.05, 0.1) is 37.4 Å².